The minimum atomic E-state index is -4.78. The molecule has 2 N–H and O–H groups in total. The van der Waals surface area contributed by atoms with Crippen LogP contribution in [0.3, 0.4) is 0 Å². The molecular weight excluding hydrogens is 675 g/mol. The molecule has 0 spiro atoms. The van der Waals surface area contributed by atoms with Crippen LogP contribution in [0.1, 0.15) is 168 Å². The van der Waals surface area contributed by atoms with E-state index in [1.807, 2.05) is 12.2 Å². The highest BCUT2D eigenvalue weighted by atomic mass is 31.2. The monoisotopic (exact) mass is 749 g/mol. The van der Waals surface area contributed by atoms with Crippen LogP contribution in [0.5, 0.6) is 0 Å². The summed E-state index contributed by atoms with van der Waals surface area (Å²) in [7, 11) is -4.78. The molecule has 0 heterocycles. The molecule has 52 heavy (non-hydrogen) atoms. The smallest absolute Gasteiger partial charge is 0.462 e. The van der Waals surface area contributed by atoms with Gasteiger partial charge in [-0.05, 0) is 77.0 Å². The van der Waals surface area contributed by atoms with E-state index in [4.69, 9.17) is 19.3 Å². The molecule has 0 aliphatic heterocycles. The standard InChI is InChI=1S/C43H73O8P/c1-3-5-7-9-11-13-15-17-19-21-23-25-27-29-31-33-35-37-42(44)49-39-41(40-50-52(46,47)48)51-43(45)38-36-34-32-30-28-26-24-22-20-18-16-14-12-10-8-6-4-2/h17-20,23-26,29-32,41H,3-16,21-22,27-28,33-40H2,1-2H3,(H2,46,47,48)/b19-17-,20-18-,25-23-,26-24-,31-29-,32-30-/t41-/m1/s1. The molecule has 298 valence electrons. The number of rotatable bonds is 36. The van der Waals surface area contributed by atoms with Crippen molar-refractivity contribution in [1.82, 2.24) is 0 Å². The summed E-state index contributed by atoms with van der Waals surface area (Å²) in [5.41, 5.74) is 0. The molecule has 0 rings (SSSR count). The van der Waals surface area contributed by atoms with E-state index in [1.54, 1.807) is 0 Å². The highest BCUT2D eigenvalue weighted by Gasteiger charge is 2.22. The Morgan fingerprint density at radius 1 is 0.500 bits per heavy atom. The molecule has 0 aliphatic carbocycles. The molecule has 1 atom stereocenters. The van der Waals surface area contributed by atoms with Crippen molar-refractivity contribution in [1.29, 1.82) is 0 Å². The summed E-state index contributed by atoms with van der Waals surface area (Å²) in [4.78, 5) is 42.7. The van der Waals surface area contributed by atoms with Crippen molar-refractivity contribution in [3.05, 3.63) is 72.9 Å². The molecule has 8 nitrogen and oxygen atoms in total. The normalized spacial score (nSPS) is 13.2. The summed E-state index contributed by atoms with van der Waals surface area (Å²) in [5, 5.41) is 0. The van der Waals surface area contributed by atoms with Crippen molar-refractivity contribution >= 4 is 19.8 Å². The second kappa shape index (κ2) is 38.2. The maximum atomic E-state index is 12.4. The van der Waals surface area contributed by atoms with Crippen LogP contribution in [0.25, 0.3) is 0 Å². The highest BCUT2D eigenvalue weighted by Crippen LogP contribution is 2.36. The summed E-state index contributed by atoms with van der Waals surface area (Å²) in [6.07, 6.45) is 49.2. The van der Waals surface area contributed by atoms with E-state index >= 15 is 0 Å². The fraction of sp³-hybridized carbons (Fsp3) is 0.674. The maximum Gasteiger partial charge on any atom is 0.469 e. The number of phosphoric ester groups is 1. The highest BCUT2D eigenvalue weighted by molar-refractivity contribution is 7.46. The Hall–Kier alpha value is -2.51. The third-order valence-corrected chi connectivity index (χ3v) is 8.68. The Bertz CT molecular complexity index is 1070. The molecular formula is C43H73O8P. The number of phosphoric acid groups is 1. The van der Waals surface area contributed by atoms with E-state index in [2.05, 4.69) is 79.1 Å². The number of carbonyl (C=O) groups excluding carboxylic acids is 2. The second-order valence-electron chi connectivity index (χ2n) is 13.2. The van der Waals surface area contributed by atoms with Gasteiger partial charge >= 0.3 is 19.8 Å². The van der Waals surface area contributed by atoms with E-state index in [9.17, 15) is 14.2 Å². The van der Waals surface area contributed by atoms with Gasteiger partial charge in [-0.3, -0.25) is 14.1 Å². The Kier molecular flexibility index (Phi) is 36.4. The zero-order valence-corrected chi connectivity index (χ0v) is 33.6. The van der Waals surface area contributed by atoms with Crippen LogP contribution in [-0.2, 0) is 28.2 Å². The van der Waals surface area contributed by atoms with Gasteiger partial charge in [-0.1, -0.05) is 151 Å². The lowest BCUT2D eigenvalue weighted by molar-refractivity contribution is -0.161. The number of hydrogen-bond acceptors (Lipinski definition) is 6. The van der Waals surface area contributed by atoms with Crippen LogP contribution in [0.2, 0.25) is 0 Å². The number of hydrogen-bond donors (Lipinski definition) is 2. The lowest BCUT2D eigenvalue weighted by Gasteiger charge is -2.18. The van der Waals surface area contributed by atoms with Crippen molar-refractivity contribution < 1.29 is 37.9 Å². The SMILES string of the molecule is CCCCCCCC/C=C\C/C=C\C/C=C\CCCC(=O)OC[C@H](COP(=O)(O)O)OC(=O)CCC/C=C\C/C=C\C/C=C\CCCCCCCC. The summed E-state index contributed by atoms with van der Waals surface area (Å²) in [6, 6.07) is 0. The average molecular weight is 749 g/mol. The lowest BCUT2D eigenvalue weighted by Crippen LogP contribution is -2.29. The number of esters is 2. The van der Waals surface area contributed by atoms with E-state index in [0.717, 1.165) is 44.9 Å². The van der Waals surface area contributed by atoms with Gasteiger partial charge in [-0.2, -0.15) is 0 Å². The van der Waals surface area contributed by atoms with Crippen LogP contribution in [-0.4, -0.2) is 41.0 Å². The number of ether oxygens (including phenoxy) is 2. The van der Waals surface area contributed by atoms with Crippen molar-refractivity contribution in [2.75, 3.05) is 13.2 Å². The largest absolute Gasteiger partial charge is 0.469 e. The van der Waals surface area contributed by atoms with Gasteiger partial charge in [0, 0.05) is 12.8 Å². The molecule has 0 fully saturated rings. The van der Waals surface area contributed by atoms with Gasteiger partial charge in [0.1, 0.15) is 6.61 Å². The van der Waals surface area contributed by atoms with E-state index in [1.165, 1.54) is 77.0 Å². The van der Waals surface area contributed by atoms with Crippen molar-refractivity contribution in [2.45, 2.75) is 174 Å². The molecule has 0 aromatic heterocycles. The van der Waals surface area contributed by atoms with Gasteiger partial charge in [0.05, 0.1) is 6.61 Å². The number of allylic oxidation sites excluding steroid dienone is 12. The molecule has 0 saturated heterocycles. The first-order valence-electron chi connectivity index (χ1n) is 20.2. The molecule has 0 aliphatic rings. The van der Waals surface area contributed by atoms with Crippen LogP contribution in [0.15, 0.2) is 72.9 Å². The molecule has 0 radical (unpaired) electrons. The van der Waals surface area contributed by atoms with Crippen LogP contribution in [0.4, 0.5) is 0 Å². The number of unbranched alkanes of at least 4 members (excludes halogenated alkanes) is 14. The summed E-state index contributed by atoms with van der Waals surface area (Å²) < 4.78 is 26.2. The van der Waals surface area contributed by atoms with E-state index in [-0.39, 0.29) is 19.4 Å². The zero-order valence-electron chi connectivity index (χ0n) is 32.7. The Labute approximate surface area is 317 Å². The summed E-state index contributed by atoms with van der Waals surface area (Å²) in [6.45, 7) is 3.57. The number of carbonyl (C=O) groups is 2. The fourth-order valence-corrected chi connectivity index (χ4v) is 5.53. The van der Waals surface area contributed by atoms with Crippen LogP contribution >= 0.6 is 7.82 Å². The third-order valence-electron chi connectivity index (χ3n) is 8.20. The quantitative estimate of drug-likeness (QED) is 0.0281. The average Bonchev–Trinajstić information content (AvgIpc) is 3.11. The topological polar surface area (TPSA) is 119 Å². The van der Waals surface area contributed by atoms with Gasteiger partial charge < -0.3 is 19.3 Å². The zero-order chi connectivity index (χ0) is 38.2. The molecule has 0 bridgehead atoms. The maximum absolute atomic E-state index is 12.4. The van der Waals surface area contributed by atoms with Gasteiger partial charge in [-0.15, -0.1) is 0 Å². The van der Waals surface area contributed by atoms with Gasteiger partial charge in [0.15, 0.2) is 6.10 Å². The molecule has 0 aromatic rings. The third kappa shape index (κ3) is 40.3. The minimum Gasteiger partial charge on any atom is -0.462 e. The van der Waals surface area contributed by atoms with Crippen LogP contribution in [0, 0.1) is 0 Å². The van der Waals surface area contributed by atoms with E-state index < -0.39 is 32.5 Å². The molecule has 0 saturated carbocycles. The van der Waals surface area contributed by atoms with Crippen molar-refractivity contribution in [3.63, 3.8) is 0 Å². The Morgan fingerprint density at radius 2 is 0.865 bits per heavy atom. The molecule has 9 heteroatoms. The Morgan fingerprint density at radius 3 is 1.29 bits per heavy atom. The Balaban J connectivity index is 4.13. The predicted molar refractivity (Wildman–Crippen MR) is 216 cm³/mol. The first kappa shape index (κ1) is 49.5. The van der Waals surface area contributed by atoms with Gasteiger partial charge in [0.25, 0.3) is 0 Å². The van der Waals surface area contributed by atoms with Gasteiger partial charge in [0.2, 0.25) is 0 Å². The fourth-order valence-electron chi connectivity index (χ4n) is 5.17. The van der Waals surface area contributed by atoms with Crippen molar-refractivity contribution in [3.8, 4) is 0 Å². The first-order valence-corrected chi connectivity index (χ1v) is 21.8. The molecule has 0 aromatic carbocycles. The second-order valence-corrected chi connectivity index (χ2v) is 14.5. The lowest BCUT2D eigenvalue weighted by atomic mass is 10.1. The van der Waals surface area contributed by atoms with E-state index in [0.29, 0.717) is 19.3 Å². The minimum absolute atomic E-state index is 0.126. The molecule has 0 unspecified atom stereocenters. The predicted octanol–water partition coefficient (Wildman–Crippen LogP) is 12.3. The summed E-state index contributed by atoms with van der Waals surface area (Å²) in [5.74, 6) is -1.01. The first-order chi connectivity index (χ1) is 25.3. The van der Waals surface area contributed by atoms with Crippen LogP contribution < -0.4 is 0 Å². The van der Waals surface area contributed by atoms with Crippen molar-refractivity contribution in [2.24, 2.45) is 0 Å². The molecule has 0 amide bonds. The summed E-state index contributed by atoms with van der Waals surface area (Å²) >= 11 is 0. The van der Waals surface area contributed by atoms with Gasteiger partial charge in [-0.25, -0.2) is 4.57 Å².